The molecule has 1 fully saturated rings. The van der Waals surface area contributed by atoms with Gasteiger partial charge in [0, 0.05) is 23.6 Å². The highest BCUT2D eigenvalue weighted by Gasteiger charge is 2.22. The zero-order valence-electron chi connectivity index (χ0n) is 10.4. The molecule has 0 radical (unpaired) electrons. The van der Waals surface area contributed by atoms with E-state index in [4.69, 9.17) is 0 Å². The minimum atomic E-state index is -0.205. The van der Waals surface area contributed by atoms with Crippen LogP contribution in [0.25, 0.3) is 0 Å². The lowest BCUT2D eigenvalue weighted by atomic mass is 10.1. The van der Waals surface area contributed by atoms with Crippen LogP contribution in [0.2, 0.25) is 0 Å². The second-order valence-corrected chi connectivity index (χ2v) is 5.72. The van der Waals surface area contributed by atoms with Crippen molar-refractivity contribution in [2.45, 2.75) is 38.3 Å². The first-order valence-corrected chi connectivity index (χ1v) is 7.29. The van der Waals surface area contributed by atoms with Gasteiger partial charge in [-0.1, -0.05) is 28.8 Å². The van der Waals surface area contributed by atoms with Gasteiger partial charge in [-0.2, -0.15) is 0 Å². The van der Waals surface area contributed by atoms with E-state index < -0.39 is 0 Å². The van der Waals surface area contributed by atoms with Crippen molar-refractivity contribution in [3.63, 3.8) is 0 Å². The smallest absolute Gasteiger partial charge is 0.123 e. The second kappa shape index (κ2) is 6.64. The van der Waals surface area contributed by atoms with Crippen LogP contribution in [-0.2, 0) is 6.54 Å². The van der Waals surface area contributed by atoms with Gasteiger partial charge in [-0.25, -0.2) is 4.39 Å². The molecule has 0 unspecified atom stereocenters. The lowest BCUT2D eigenvalue weighted by molar-refractivity contribution is 0.144. The van der Waals surface area contributed by atoms with Crippen LogP contribution in [0.3, 0.4) is 0 Å². The summed E-state index contributed by atoms with van der Waals surface area (Å²) in [5.41, 5.74) is 0.954. The van der Waals surface area contributed by atoms with Gasteiger partial charge in [0.05, 0.1) is 6.61 Å². The third-order valence-corrected chi connectivity index (χ3v) is 4.38. The molecule has 1 aliphatic carbocycles. The fraction of sp³-hybridized carbons (Fsp3) is 0.571. The SMILES string of the molecule is OCCN(Cc1cc(F)ccc1Br)C1CCCC1. The standard InChI is InChI=1S/C14H19BrFNO/c15-14-6-5-12(16)9-11(14)10-17(7-8-18)13-3-1-2-4-13/h5-6,9,13,18H,1-4,7-8,10H2. The Morgan fingerprint density at radius 1 is 1.33 bits per heavy atom. The lowest BCUT2D eigenvalue weighted by Crippen LogP contribution is -2.35. The summed E-state index contributed by atoms with van der Waals surface area (Å²) in [6, 6.07) is 5.31. The molecule has 0 atom stereocenters. The summed E-state index contributed by atoms with van der Waals surface area (Å²) >= 11 is 3.46. The minimum absolute atomic E-state index is 0.156. The van der Waals surface area contributed by atoms with E-state index in [-0.39, 0.29) is 12.4 Å². The molecular formula is C14H19BrFNO. The van der Waals surface area contributed by atoms with Gasteiger partial charge in [0.1, 0.15) is 5.82 Å². The maximum atomic E-state index is 13.3. The predicted octanol–water partition coefficient (Wildman–Crippen LogP) is 3.33. The van der Waals surface area contributed by atoms with E-state index in [1.165, 1.54) is 31.7 Å². The number of nitrogens with zero attached hydrogens (tertiary/aromatic N) is 1. The van der Waals surface area contributed by atoms with Gasteiger partial charge in [0.25, 0.3) is 0 Å². The summed E-state index contributed by atoms with van der Waals surface area (Å²) in [5, 5.41) is 9.17. The quantitative estimate of drug-likeness (QED) is 0.901. The Labute approximate surface area is 116 Å². The first-order valence-electron chi connectivity index (χ1n) is 6.49. The van der Waals surface area contributed by atoms with Gasteiger partial charge in [-0.15, -0.1) is 0 Å². The number of hydrogen-bond acceptors (Lipinski definition) is 2. The molecule has 0 heterocycles. The molecular weight excluding hydrogens is 297 g/mol. The van der Waals surface area contributed by atoms with E-state index in [2.05, 4.69) is 20.8 Å². The number of hydrogen-bond donors (Lipinski definition) is 1. The summed E-state index contributed by atoms with van der Waals surface area (Å²) in [5.74, 6) is -0.205. The van der Waals surface area contributed by atoms with Gasteiger partial charge in [0.15, 0.2) is 0 Å². The highest BCUT2D eigenvalue weighted by molar-refractivity contribution is 9.10. The zero-order chi connectivity index (χ0) is 13.0. The monoisotopic (exact) mass is 315 g/mol. The second-order valence-electron chi connectivity index (χ2n) is 4.87. The van der Waals surface area contributed by atoms with Crippen LogP contribution in [0.15, 0.2) is 22.7 Å². The summed E-state index contributed by atoms with van der Waals surface area (Å²) in [4.78, 5) is 2.27. The van der Waals surface area contributed by atoms with Gasteiger partial charge >= 0.3 is 0 Å². The van der Waals surface area contributed by atoms with E-state index in [9.17, 15) is 9.50 Å². The Morgan fingerprint density at radius 3 is 2.72 bits per heavy atom. The molecule has 1 saturated carbocycles. The van der Waals surface area contributed by atoms with Crippen molar-refractivity contribution in [2.24, 2.45) is 0 Å². The lowest BCUT2D eigenvalue weighted by Gasteiger charge is -2.28. The normalized spacial score (nSPS) is 16.7. The molecule has 1 aromatic carbocycles. The third kappa shape index (κ3) is 3.53. The Hall–Kier alpha value is -0.450. The minimum Gasteiger partial charge on any atom is -0.395 e. The molecule has 2 rings (SSSR count). The average molecular weight is 316 g/mol. The summed E-state index contributed by atoms with van der Waals surface area (Å²) in [6.45, 7) is 1.51. The number of aliphatic hydroxyl groups excluding tert-OH is 1. The summed E-state index contributed by atoms with van der Waals surface area (Å²) in [7, 11) is 0. The van der Waals surface area contributed by atoms with E-state index in [1.807, 2.05) is 0 Å². The van der Waals surface area contributed by atoms with Gasteiger partial charge in [-0.3, -0.25) is 4.90 Å². The highest BCUT2D eigenvalue weighted by Crippen LogP contribution is 2.27. The van der Waals surface area contributed by atoms with E-state index in [0.29, 0.717) is 19.1 Å². The van der Waals surface area contributed by atoms with Gasteiger partial charge in [-0.05, 0) is 36.6 Å². The zero-order valence-corrected chi connectivity index (χ0v) is 12.0. The summed E-state index contributed by atoms with van der Waals surface area (Å²) < 4.78 is 14.2. The van der Waals surface area contributed by atoms with Crippen molar-refractivity contribution in [3.8, 4) is 0 Å². The first-order chi connectivity index (χ1) is 8.70. The molecule has 0 spiro atoms. The molecule has 0 saturated heterocycles. The van der Waals surface area contributed by atoms with Crippen LogP contribution in [0.4, 0.5) is 4.39 Å². The highest BCUT2D eigenvalue weighted by atomic mass is 79.9. The van der Waals surface area contributed by atoms with Crippen LogP contribution in [-0.4, -0.2) is 29.2 Å². The topological polar surface area (TPSA) is 23.5 Å². The maximum absolute atomic E-state index is 13.3. The molecule has 1 aliphatic rings. The van der Waals surface area contributed by atoms with Crippen molar-refractivity contribution in [1.82, 2.24) is 4.90 Å². The van der Waals surface area contributed by atoms with Gasteiger partial charge in [0.2, 0.25) is 0 Å². The van der Waals surface area contributed by atoms with Crippen molar-refractivity contribution in [2.75, 3.05) is 13.2 Å². The van der Waals surface area contributed by atoms with Gasteiger partial charge < -0.3 is 5.11 Å². The molecule has 0 bridgehead atoms. The predicted molar refractivity (Wildman–Crippen MR) is 73.9 cm³/mol. The molecule has 100 valence electrons. The van der Waals surface area contributed by atoms with Crippen molar-refractivity contribution < 1.29 is 9.50 Å². The third-order valence-electron chi connectivity index (χ3n) is 3.61. The van der Waals surface area contributed by atoms with Crippen LogP contribution >= 0.6 is 15.9 Å². The number of rotatable bonds is 5. The average Bonchev–Trinajstić information content (AvgIpc) is 2.87. The van der Waals surface area contributed by atoms with E-state index in [1.54, 1.807) is 12.1 Å². The van der Waals surface area contributed by atoms with Crippen LogP contribution in [0.5, 0.6) is 0 Å². The van der Waals surface area contributed by atoms with Crippen molar-refractivity contribution in [3.05, 3.63) is 34.1 Å². The summed E-state index contributed by atoms with van der Waals surface area (Å²) in [6.07, 6.45) is 4.90. The van der Waals surface area contributed by atoms with E-state index in [0.717, 1.165) is 10.0 Å². The molecule has 2 nitrogen and oxygen atoms in total. The Morgan fingerprint density at radius 2 is 2.06 bits per heavy atom. The number of benzene rings is 1. The molecule has 4 heteroatoms. The molecule has 0 aliphatic heterocycles. The van der Waals surface area contributed by atoms with Crippen LogP contribution in [0.1, 0.15) is 31.2 Å². The number of halogens is 2. The van der Waals surface area contributed by atoms with E-state index >= 15 is 0 Å². The molecule has 1 aromatic rings. The fourth-order valence-corrected chi connectivity index (χ4v) is 3.04. The largest absolute Gasteiger partial charge is 0.395 e. The molecule has 1 N–H and O–H groups in total. The van der Waals surface area contributed by atoms with Crippen molar-refractivity contribution >= 4 is 15.9 Å². The molecule has 18 heavy (non-hydrogen) atoms. The maximum Gasteiger partial charge on any atom is 0.123 e. The number of aliphatic hydroxyl groups is 1. The fourth-order valence-electron chi connectivity index (χ4n) is 2.67. The molecule has 0 amide bonds. The van der Waals surface area contributed by atoms with Crippen LogP contribution in [0, 0.1) is 5.82 Å². The van der Waals surface area contributed by atoms with Crippen LogP contribution < -0.4 is 0 Å². The Kier molecular flexibility index (Phi) is 5.15. The molecule has 0 aromatic heterocycles. The first kappa shape index (κ1) is 14.0. The van der Waals surface area contributed by atoms with Crippen molar-refractivity contribution in [1.29, 1.82) is 0 Å². The Bertz CT molecular complexity index is 393. The Balaban J connectivity index is 2.09.